The number of aryl methyl sites for hydroxylation is 1. The first kappa shape index (κ1) is 22.2. The molecule has 3 N–H and O–H groups in total. The minimum Gasteiger partial charge on any atom is -0.497 e. The molecule has 0 aliphatic heterocycles. The molecule has 0 atom stereocenters. The summed E-state index contributed by atoms with van der Waals surface area (Å²) in [5, 5.41) is 11.6. The highest BCUT2D eigenvalue weighted by Crippen LogP contribution is 2.27. The number of nitrogens with two attached hydrogens (primary N) is 1. The van der Waals surface area contributed by atoms with Crippen LogP contribution >= 0.6 is 11.8 Å². The van der Waals surface area contributed by atoms with Gasteiger partial charge in [-0.3, -0.25) is 14.2 Å². The van der Waals surface area contributed by atoms with E-state index in [2.05, 4.69) is 15.5 Å². The van der Waals surface area contributed by atoms with Crippen molar-refractivity contribution >= 4 is 29.3 Å². The van der Waals surface area contributed by atoms with E-state index in [4.69, 9.17) is 15.2 Å². The van der Waals surface area contributed by atoms with E-state index in [-0.39, 0.29) is 18.2 Å². The molecule has 0 radical (unpaired) electrons. The van der Waals surface area contributed by atoms with Gasteiger partial charge in [-0.1, -0.05) is 35.5 Å². The van der Waals surface area contributed by atoms with Crippen molar-refractivity contribution in [3.8, 4) is 22.9 Å². The number of nitrogens with zero attached hydrogens (tertiary/aromatic N) is 3. The van der Waals surface area contributed by atoms with E-state index in [0.29, 0.717) is 28.2 Å². The molecule has 0 spiro atoms. The highest BCUT2D eigenvalue weighted by atomic mass is 32.2. The van der Waals surface area contributed by atoms with E-state index in [1.54, 1.807) is 22.8 Å². The number of hydrogen-bond acceptors (Lipinski definition) is 7. The molecule has 3 rings (SSSR count). The Morgan fingerprint density at radius 2 is 1.81 bits per heavy atom. The van der Waals surface area contributed by atoms with Gasteiger partial charge in [0.25, 0.3) is 0 Å². The molecule has 2 amide bonds. The lowest BCUT2D eigenvalue weighted by molar-refractivity contribution is -0.118. The molecule has 10 heteroatoms. The number of aromatic nitrogens is 3. The molecular formula is C21H23N5O4S. The predicted octanol–water partition coefficient (Wildman–Crippen LogP) is 2.49. The van der Waals surface area contributed by atoms with E-state index in [0.717, 1.165) is 22.9 Å². The molecule has 0 unspecified atom stereocenters. The number of carbonyl (C=O) groups is 2. The van der Waals surface area contributed by atoms with E-state index < -0.39 is 5.91 Å². The Morgan fingerprint density at radius 1 is 1.10 bits per heavy atom. The molecule has 0 aliphatic rings. The minimum absolute atomic E-state index is 0.0598. The fourth-order valence-electron chi connectivity index (χ4n) is 2.90. The quantitative estimate of drug-likeness (QED) is 0.489. The maximum Gasteiger partial charge on any atom is 0.237 e. The number of anilines is 1. The first-order valence-electron chi connectivity index (χ1n) is 9.34. The molecule has 2 aromatic carbocycles. The fraction of sp³-hybridized carbons (Fsp3) is 0.238. The molecule has 9 nitrogen and oxygen atoms in total. The second-order valence-corrected chi connectivity index (χ2v) is 7.61. The summed E-state index contributed by atoms with van der Waals surface area (Å²) in [5.74, 6) is 0.916. The molecule has 3 aromatic rings. The van der Waals surface area contributed by atoms with Crippen LogP contribution in [0, 0.1) is 6.92 Å². The zero-order valence-corrected chi connectivity index (χ0v) is 18.2. The van der Waals surface area contributed by atoms with Crippen LogP contribution in [0.25, 0.3) is 11.4 Å². The van der Waals surface area contributed by atoms with Gasteiger partial charge in [0.1, 0.15) is 18.0 Å². The summed E-state index contributed by atoms with van der Waals surface area (Å²) in [6.45, 7) is 1.87. The average molecular weight is 442 g/mol. The molecular weight excluding hydrogens is 418 g/mol. The van der Waals surface area contributed by atoms with Gasteiger partial charge in [0.15, 0.2) is 11.0 Å². The number of nitrogens with one attached hydrogen (secondary N) is 1. The Balaban J connectivity index is 1.75. The van der Waals surface area contributed by atoms with Crippen LogP contribution in [-0.4, -0.2) is 46.6 Å². The maximum atomic E-state index is 12.5. The van der Waals surface area contributed by atoms with Crippen molar-refractivity contribution in [2.75, 3.05) is 25.3 Å². The monoisotopic (exact) mass is 441 g/mol. The van der Waals surface area contributed by atoms with Crippen LogP contribution in [0.1, 0.15) is 5.56 Å². The summed E-state index contributed by atoms with van der Waals surface area (Å²) < 4.78 is 12.0. The van der Waals surface area contributed by atoms with Gasteiger partial charge in [-0.2, -0.15) is 0 Å². The zero-order chi connectivity index (χ0) is 22.4. The third-order valence-electron chi connectivity index (χ3n) is 4.27. The second kappa shape index (κ2) is 9.98. The lowest BCUT2D eigenvalue weighted by Gasteiger charge is -2.10. The van der Waals surface area contributed by atoms with Crippen molar-refractivity contribution in [3.63, 3.8) is 0 Å². The molecule has 31 heavy (non-hydrogen) atoms. The number of benzene rings is 2. The maximum absolute atomic E-state index is 12.5. The van der Waals surface area contributed by atoms with Crippen LogP contribution in [0.15, 0.2) is 47.6 Å². The summed E-state index contributed by atoms with van der Waals surface area (Å²) in [7, 11) is 3.07. The lowest BCUT2D eigenvalue weighted by atomic mass is 10.1. The summed E-state index contributed by atoms with van der Waals surface area (Å²) in [6, 6.07) is 12.8. The first-order chi connectivity index (χ1) is 14.9. The van der Waals surface area contributed by atoms with Crippen molar-refractivity contribution in [2.45, 2.75) is 18.6 Å². The smallest absolute Gasteiger partial charge is 0.237 e. The van der Waals surface area contributed by atoms with Crippen LogP contribution in [0.2, 0.25) is 0 Å². The number of primary amides is 1. The average Bonchev–Trinajstić information content (AvgIpc) is 3.13. The molecule has 0 fully saturated rings. The largest absolute Gasteiger partial charge is 0.497 e. The van der Waals surface area contributed by atoms with Crippen molar-refractivity contribution in [2.24, 2.45) is 5.73 Å². The van der Waals surface area contributed by atoms with Crippen LogP contribution in [-0.2, 0) is 16.1 Å². The van der Waals surface area contributed by atoms with Gasteiger partial charge in [0, 0.05) is 29.4 Å². The van der Waals surface area contributed by atoms with E-state index in [1.807, 2.05) is 31.2 Å². The predicted molar refractivity (Wildman–Crippen MR) is 118 cm³/mol. The minimum atomic E-state index is -0.525. The fourth-order valence-corrected chi connectivity index (χ4v) is 3.64. The Morgan fingerprint density at radius 3 is 2.42 bits per heavy atom. The SMILES string of the molecule is COc1cc(NC(=O)CSc2nnc(-c3cccc(C)c3)n2CC(N)=O)cc(OC)c1. The van der Waals surface area contributed by atoms with Gasteiger partial charge in [0.2, 0.25) is 11.8 Å². The molecule has 0 aliphatic carbocycles. The van der Waals surface area contributed by atoms with E-state index in [9.17, 15) is 9.59 Å². The van der Waals surface area contributed by atoms with E-state index >= 15 is 0 Å². The molecule has 162 valence electrons. The van der Waals surface area contributed by atoms with Gasteiger partial charge in [-0.05, 0) is 13.0 Å². The Hall–Kier alpha value is -3.53. The van der Waals surface area contributed by atoms with Crippen molar-refractivity contribution < 1.29 is 19.1 Å². The van der Waals surface area contributed by atoms with Crippen LogP contribution in [0.4, 0.5) is 5.69 Å². The highest BCUT2D eigenvalue weighted by Gasteiger charge is 2.17. The highest BCUT2D eigenvalue weighted by molar-refractivity contribution is 7.99. The Bertz CT molecular complexity index is 1080. The summed E-state index contributed by atoms with van der Waals surface area (Å²) in [4.78, 5) is 24.1. The third-order valence-corrected chi connectivity index (χ3v) is 5.24. The normalized spacial score (nSPS) is 10.5. The number of amides is 2. The number of methoxy groups -OCH3 is 2. The topological polar surface area (TPSA) is 121 Å². The summed E-state index contributed by atoms with van der Waals surface area (Å²) >= 11 is 1.16. The zero-order valence-electron chi connectivity index (χ0n) is 17.4. The Kier molecular flexibility index (Phi) is 7.14. The van der Waals surface area contributed by atoms with E-state index in [1.165, 1.54) is 14.2 Å². The lowest BCUT2D eigenvalue weighted by Crippen LogP contribution is -2.20. The summed E-state index contributed by atoms with van der Waals surface area (Å²) in [6.07, 6.45) is 0. The number of thioether (sulfide) groups is 1. The molecule has 0 saturated carbocycles. The van der Waals surface area contributed by atoms with Crippen molar-refractivity contribution in [1.82, 2.24) is 14.8 Å². The van der Waals surface area contributed by atoms with Crippen LogP contribution < -0.4 is 20.5 Å². The van der Waals surface area contributed by atoms with Crippen LogP contribution in [0.3, 0.4) is 0 Å². The number of rotatable bonds is 9. The Labute approximate surface area is 183 Å². The first-order valence-corrected chi connectivity index (χ1v) is 10.3. The number of carbonyl (C=O) groups excluding carboxylic acids is 2. The molecule has 0 saturated heterocycles. The molecule has 1 aromatic heterocycles. The summed E-state index contributed by atoms with van der Waals surface area (Å²) in [5.41, 5.74) is 7.82. The van der Waals surface area contributed by atoms with Crippen molar-refractivity contribution in [3.05, 3.63) is 48.0 Å². The second-order valence-electron chi connectivity index (χ2n) is 6.67. The van der Waals surface area contributed by atoms with Gasteiger partial charge >= 0.3 is 0 Å². The van der Waals surface area contributed by atoms with Gasteiger partial charge in [-0.15, -0.1) is 10.2 Å². The van der Waals surface area contributed by atoms with Crippen LogP contribution in [0.5, 0.6) is 11.5 Å². The number of ether oxygens (including phenoxy) is 2. The molecule has 1 heterocycles. The number of hydrogen-bond donors (Lipinski definition) is 2. The third kappa shape index (κ3) is 5.76. The standard InChI is InChI=1S/C21H23N5O4S/c1-13-5-4-6-14(7-13)20-24-25-21(26(20)11-18(22)27)31-12-19(28)23-15-8-16(29-2)10-17(9-15)30-3/h4-10H,11-12H2,1-3H3,(H2,22,27)(H,23,28). The van der Waals surface area contributed by atoms with Gasteiger partial charge in [-0.25, -0.2) is 0 Å². The molecule has 0 bridgehead atoms. The van der Waals surface area contributed by atoms with Crippen molar-refractivity contribution in [1.29, 1.82) is 0 Å². The van der Waals surface area contributed by atoms with Gasteiger partial charge in [0.05, 0.1) is 20.0 Å². The van der Waals surface area contributed by atoms with Gasteiger partial charge < -0.3 is 20.5 Å².